The quantitative estimate of drug-likeness (QED) is 0.544. The molecule has 24 heavy (non-hydrogen) atoms. The first kappa shape index (κ1) is 18.4. The predicted octanol–water partition coefficient (Wildman–Crippen LogP) is 4.51. The summed E-state index contributed by atoms with van der Waals surface area (Å²) in [6, 6.07) is 20.9. The van der Waals surface area contributed by atoms with Gasteiger partial charge in [-0.15, -0.1) is 0 Å². The van der Waals surface area contributed by atoms with Crippen molar-refractivity contribution in [3.05, 3.63) is 83.9 Å². The number of rotatable bonds is 9. The van der Waals surface area contributed by atoms with Crippen molar-refractivity contribution in [2.45, 2.75) is 39.0 Å². The van der Waals surface area contributed by atoms with Crippen LogP contribution < -0.4 is 0 Å². The van der Waals surface area contributed by atoms with Crippen molar-refractivity contribution in [3.8, 4) is 0 Å². The van der Waals surface area contributed by atoms with Crippen LogP contribution in [0.2, 0.25) is 0 Å². The van der Waals surface area contributed by atoms with E-state index >= 15 is 0 Å². The number of hydroxylamine groups is 2. The zero-order valence-electron chi connectivity index (χ0n) is 14.5. The van der Waals surface area contributed by atoms with Crippen molar-refractivity contribution in [1.29, 1.82) is 0 Å². The van der Waals surface area contributed by atoms with Crippen LogP contribution in [0, 0.1) is 0 Å². The smallest absolute Gasteiger partial charge is 0.0946 e. The van der Waals surface area contributed by atoms with E-state index in [1.54, 1.807) is 0 Å². The number of aliphatic hydroxyl groups is 1. The molecule has 2 rings (SSSR count). The van der Waals surface area contributed by atoms with Crippen LogP contribution in [-0.4, -0.2) is 22.9 Å². The van der Waals surface area contributed by atoms with E-state index in [-0.39, 0.29) is 18.8 Å². The average molecular weight is 325 g/mol. The fourth-order valence-corrected chi connectivity index (χ4v) is 2.54. The normalized spacial score (nSPS) is 14.2. The molecule has 0 unspecified atom stereocenters. The highest BCUT2D eigenvalue weighted by Gasteiger charge is 2.18. The molecule has 2 aromatic carbocycles. The first-order valence-electron chi connectivity index (χ1n) is 8.50. The first-order valence-corrected chi connectivity index (χ1v) is 8.50. The van der Waals surface area contributed by atoms with Crippen molar-refractivity contribution in [1.82, 2.24) is 5.06 Å². The summed E-state index contributed by atoms with van der Waals surface area (Å²) in [5.41, 5.74) is 2.44. The van der Waals surface area contributed by atoms with Crippen LogP contribution in [0.1, 0.15) is 37.4 Å². The highest BCUT2D eigenvalue weighted by molar-refractivity contribution is 5.19. The largest absolute Gasteiger partial charge is 0.396 e. The van der Waals surface area contributed by atoms with Gasteiger partial charge in [0, 0.05) is 13.2 Å². The fraction of sp³-hybridized carbons (Fsp3) is 0.333. The van der Waals surface area contributed by atoms with E-state index in [0.29, 0.717) is 6.42 Å². The summed E-state index contributed by atoms with van der Waals surface area (Å²) >= 11 is 0. The zero-order valence-corrected chi connectivity index (χ0v) is 14.5. The maximum absolute atomic E-state index is 8.89. The SMILES string of the molecule is C[C@H](/C=C/CCO)ON(Cc1ccccc1)[C@H](C)c1ccccc1. The Balaban J connectivity index is 2.11. The maximum Gasteiger partial charge on any atom is 0.0946 e. The van der Waals surface area contributed by atoms with Crippen LogP contribution in [0.4, 0.5) is 0 Å². The second kappa shape index (κ2) is 10.0. The van der Waals surface area contributed by atoms with Crippen LogP contribution in [0.15, 0.2) is 72.8 Å². The van der Waals surface area contributed by atoms with Gasteiger partial charge in [-0.3, -0.25) is 4.84 Å². The molecule has 0 heterocycles. The van der Waals surface area contributed by atoms with Gasteiger partial charge < -0.3 is 5.11 Å². The molecule has 1 N–H and O–H groups in total. The van der Waals surface area contributed by atoms with Crippen molar-refractivity contribution in [3.63, 3.8) is 0 Å². The molecule has 0 aliphatic carbocycles. The van der Waals surface area contributed by atoms with Gasteiger partial charge in [0.05, 0.1) is 12.1 Å². The van der Waals surface area contributed by atoms with E-state index in [1.165, 1.54) is 11.1 Å². The molecular formula is C21H27NO2. The van der Waals surface area contributed by atoms with Gasteiger partial charge in [-0.1, -0.05) is 72.8 Å². The van der Waals surface area contributed by atoms with Crippen LogP contribution in [0.5, 0.6) is 0 Å². The van der Waals surface area contributed by atoms with E-state index in [9.17, 15) is 0 Å². The second-order valence-corrected chi connectivity index (χ2v) is 5.90. The number of benzene rings is 2. The average Bonchev–Trinajstić information content (AvgIpc) is 2.62. The Hall–Kier alpha value is -1.94. The maximum atomic E-state index is 8.89. The fourth-order valence-electron chi connectivity index (χ4n) is 2.54. The Morgan fingerprint density at radius 3 is 2.25 bits per heavy atom. The minimum Gasteiger partial charge on any atom is -0.396 e. The lowest BCUT2D eigenvalue weighted by Gasteiger charge is -2.30. The third-order valence-electron chi connectivity index (χ3n) is 3.90. The van der Waals surface area contributed by atoms with Gasteiger partial charge in [0.25, 0.3) is 0 Å². The Kier molecular flexibility index (Phi) is 7.69. The summed E-state index contributed by atoms with van der Waals surface area (Å²) in [7, 11) is 0. The third kappa shape index (κ3) is 5.93. The molecule has 0 aliphatic rings. The molecule has 3 heteroatoms. The standard InChI is InChI=1S/C21H27NO2/c1-18(11-9-10-16-23)24-22(17-20-12-5-3-6-13-20)19(2)21-14-7-4-8-15-21/h3-9,11-15,18-19,23H,10,16-17H2,1-2H3/b11-9+/t18-,19-/m1/s1. The molecule has 0 bridgehead atoms. The monoisotopic (exact) mass is 325 g/mol. The molecule has 2 atom stereocenters. The van der Waals surface area contributed by atoms with E-state index in [1.807, 2.05) is 48.4 Å². The lowest BCUT2D eigenvalue weighted by Crippen LogP contribution is -2.30. The van der Waals surface area contributed by atoms with Crippen LogP contribution in [0.3, 0.4) is 0 Å². The molecule has 0 amide bonds. The Morgan fingerprint density at radius 1 is 1.00 bits per heavy atom. The summed E-state index contributed by atoms with van der Waals surface area (Å²) in [4.78, 5) is 6.18. The summed E-state index contributed by atoms with van der Waals surface area (Å²) in [5, 5.41) is 10.9. The Morgan fingerprint density at radius 2 is 1.62 bits per heavy atom. The summed E-state index contributed by atoms with van der Waals surface area (Å²) in [6.07, 6.45) is 4.55. The zero-order chi connectivity index (χ0) is 17.2. The number of aliphatic hydroxyl groups excluding tert-OH is 1. The van der Waals surface area contributed by atoms with Crippen molar-refractivity contribution in [2.24, 2.45) is 0 Å². The minimum absolute atomic E-state index is 0.0496. The van der Waals surface area contributed by atoms with Gasteiger partial charge >= 0.3 is 0 Å². The predicted molar refractivity (Wildman–Crippen MR) is 98.2 cm³/mol. The summed E-state index contributed by atoms with van der Waals surface area (Å²) < 4.78 is 0. The molecule has 128 valence electrons. The van der Waals surface area contributed by atoms with E-state index in [4.69, 9.17) is 9.94 Å². The minimum atomic E-state index is -0.0496. The van der Waals surface area contributed by atoms with Gasteiger partial charge in [0.2, 0.25) is 0 Å². The molecule has 0 saturated carbocycles. The highest BCUT2D eigenvalue weighted by Crippen LogP contribution is 2.23. The Labute approximate surface area is 145 Å². The molecular weight excluding hydrogens is 298 g/mol. The molecule has 0 radical (unpaired) electrons. The topological polar surface area (TPSA) is 32.7 Å². The first-order chi connectivity index (χ1) is 11.7. The summed E-state index contributed by atoms with van der Waals surface area (Å²) in [6.45, 7) is 5.05. The molecule has 3 nitrogen and oxygen atoms in total. The van der Waals surface area contributed by atoms with Crippen molar-refractivity contribution in [2.75, 3.05) is 6.61 Å². The summed E-state index contributed by atoms with van der Waals surface area (Å²) in [5.74, 6) is 0. The van der Waals surface area contributed by atoms with Crippen molar-refractivity contribution >= 4 is 0 Å². The lowest BCUT2D eigenvalue weighted by molar-refractivity contribution is -0.210. The van der Waals surface area contributed by atoms with Gasteiger partial charge in [-0.25, -0.2) is 0 Å². The number of hydrogen-bond acceptors (Lipinski definition) is 3. The molecule has 0 aliphatic heterocycles. The van der Waals surface area contributed by atoms with Gasteiger partial charge in [-0.05, 0) is 31.4 Å². The molecule has 0 aromatic heterocycles. The van der Waals surface area contributed by atoms with Crippen LogP contribution in [-0.2, 0) is 11.4 Å². The lowest BCUT2D eigenvalue weighted by atomic mass is 10.1. The molecule has 2 aromatic rings. The van der Waals surface area contributed by atoms with Gasteiger partial charge in [-0.2, -0.15) is 5.06 Å². The van der Waals surface area contributed by atoms with Gasteiger partial charge in [0.1, 0.15) is 0 Å². The van der Waals surface area contributed by atoms with E-state index < -0.39 is 0 Å². The third-order valence-corrected chi connectivity index (χ3v) is 3.90. The highest BCUT2D eigenvalue weighted by atomic mass is 16.7. The number of hydrogen-bond donors (Lipinski definition) is 1. The Bertz CT molecular complexity index is 598. The van der Waals surface area contributed by atoms with Gasteiger partial charge in [0.15, 0.2) is 0 Å². The number of nitrogens with zero attached hydrogens (tertiary/aromatic N) is 1. The second-order valence-electron chi connectivity index (χ2n) is 5.90. The molecule has 0 spiro atoms. The van der Waals surface area contributed by atoms with Crippen molar-refractivity contribution < 1.29 is 9.94 Å². The van der Waals surface area contributed by atoms with Crippen LogP contribution in [0.25, 0.3) is 0 Å². The molecule has 0 saturated heterocycles. The molecule has 0 fully saturated rings. The van der Waals surface area contributed by atoms with E-state index in [2.05, 4.69) is 43.3 Å². The van der Waals surface area contributed by atoms with E-state index in [0.717, 1.165) is 6.54 Å². The van der Waals surface area contributed by atoms with Crippen LogP contribution >= 0.6 is 0 Å².